The van der Waals surface area contributed by atoms with Crippen LogP contribution in [0.5, 0.6) is 0 Å². The zero-order valence-electron chi connectivity index (χ0n) is 7.08. The number of esters is 1. The second kappa shape index (κ2) is 2.57. The standard InChI is InChI=1S/C9H12O3/c1-5(10)12-8-4-6-2-3-7(8)9(6)11/h6-8H,2-4H2,1H3/t6-,7+,8+/m1/s1. The second-order valence-corrected chi connectivity index (χ2v) is 3.67. The maximum Gasteiger partial charge on any atom is 0.302 e. The number of fused-ring (bicyclic) bond motifs is 2. The van der Waals surface area contributed by atoms with Crippen LogP contribution < -0.4 is 0 Å². The highest BCUT2D eigenvalue weighted by molar-refractivity contribution is 5.88. The Morgan fingerprint density at radius 1 is 1.50 bits per heavy atom. The predicted octanol–water partition coefficient (Wildman–Crippen LogP) is 0.917. The Hall–Kier alpha value is -0.860. The number of hydrogen-bond donors (Lipinski definition) is 0. The molecule has 2 aliphatic rings. The van der Waals surface area contributed by atoms with Gasteiger partial charge in [-0.2, -0.15) is 0 Å². The third-order valence-corrected chi connectivity index (χ3v) is 2.88. The van der Waals surface area contributed by atoms with Crippen LogP contribution >= 0.6 is 0 Å². The first-order valence-corrected chi connectivity index (χ1v) is 4.39. The van der Waals surface area contributed by atoms with Crippen molar-refractivity contribution < 1.29 is 14.3 Å². The van der Waals surface area contributed by atoms with Crippen molar-refractivity contribution in [1.29, 1.82) is 0 Å². The van der Waals surface area contributed by atoms with Crippen LogP contribution in [0.15, 0.2) is 0 Å². The first-order chi connectivity index (χ1) is 5.68. The molecule has 0 unspecified atom stereocenters. The lowest BCUT2D eigenvalue weighted by Crippen LogP contribution is -2.23. The molecule has 0 aromatic carbocycles. The van der Waals surface area contributed by atoms with E-state index in [1.54, 1.807) is 0 Å². The number of ether oxygens (including phenoxy) is 1. The molecular formula is C9H12O3. The molecule has 0 amide bonds. The summed E-state index contributed by atoms with van der Waals surface area (Å²) in [5, 5.41) is 0. The summed E-state index contributed by atoms with van der Waals surface area (Å²) in [5.74, 6) is 0.278. The van der Waals surface area contributed by atoms with E-state index in [0.29, 0.717) is 5.78 Å². The first-order valence-electron chi connectivity index (χ1n) is 4.39. The smallest absolute Gasteiger partial charge is 0.302 e. The van der Waals surface area contributed by atoms with Gasteiger partial charge in [-0.3, -0.25) is 9.59 Å². The molecule has 0 N–H and O–H groups in total. The third kappa shape index (κ3) is 1.04. The molecule has 0 saturated heterocycles. The first kappa shape index (κ1) is 7.77. The minimum Gasteiger partial charge on any atom is -0.462 e. The summed E-state index contributed by atoms with van der Waals surface area (Å²) in [6.45, 7) is 1.40. The lowest BCUT2D eigenvalue weighted by molar-refractivity contribution is -0.149. The van der Waals surface area contributed by atoms with Crippen molar-refractivity contribution in [3.8, 4) is 0 Å². The predicted molar refractivity (Wildman–Crippen MR) is 41.4 cm³/mol. The van der Waals surface area contributed by atoms with Gasteiger partial charge in [-0.15, -0.1) is 0 Å². The topological polar surface area (TPSA) is 43.4 Å². The lowest BCUT2D eigenvalue weighted by atomic mass is 9.98. The molecule has 3 atom stereocenters. The number of carbonyl (C=O) groups is 2. The molecular weight excluding hydrogens is 156 g/mol. The van der Waals surface area contributed by atoms with Crippen LogP contribution in [-0.2, 0) is 14.3 Å². The molecule has 0 spiro atoms. The van der Waals surface area contributed by atoms with Crippen molar-refractivity contribution in [1.82, 2.24) is 0 Å². The molecule has 0 radical (unpaired) electrons. The number of ketones is 1. The molecule has 3 nitrogen and oxygen atoms in total. The van der Waals surface area contributed by atoms with E-state index in [-0.39, 0.29) is 23.9 Å². The molecule has 2 rings (SSSR count). The number of carbonyl (C=O) groups excluding carboxylic acids is 2. The van der Waals surface area contributed by atoms with E-state index in [0.717, 1.165) is 19.3 Å². The molecule has 0 aliphatic heterocycles. The monoisotopic (exact) mass is 168 g/mol. The van der Waals surface area contributed by atoms with E-state index in [1.165, 1.54) is 6.92 Å². The van der Waals surface area contributed by atoms with Gasteiger partial charge in [-0.05, 0) is 19.3 Å². The molecule has 2 fully saturated rings. The normalized spacial score (nSPS) is 38.8. The average molecular weight is 168 g/mol. The average Bonchev–Trinajstić information content (AvgIpc) is 2.44. The van der Waals surface area contributed by atoms with Gasteiger partial charge in [0, 0.05) is 12.8 Å². The molecule has 0 aromatic heterocycles. The minimum absolute atomic E-state index is 0.0268. The zero-order chi connectivity index (χ0) is 8.72. The molecule has 3 heteroatoms. The molecule has 2 bridgehead atoms. The van der Waals surface area contributed by atoms with Crippen molar-refractivity contribution in [2.75, 3.05) is 0 Å². The summed E-state index contributed by atoms with van der Waals surface area (Å²) in [4.78, 5) is 22.0. The van der Waals surface area contributed by atoms with Crippen LogP contribution in [0, 0.1) is 11.8 Å². The van der Waals surface area contributed by atoms with Crippen molar-refractivity contribution >= 4 is 11.8 Å². The van der Waals surface area contributed by atoms with E-state index in [1.807, 2.05) is 0 Å². The molecule has 2 saturated carbocycles. The molecule has 2 aliphatic carbocycles. The van der Waals surface area contributed by atoms with E-state index in [2.05, 4.69) is 0 Å². The number of rotatable bonds is 1. The molecule has 66 valence electrons. The van der Waals surface area contributed by atoms with Crippen LogP contribution in [0.3, 0.4) is 0 Å². The fourth-order valence-electron chi connectivity index (χ4n) is 2.36. The van der Waals surface area contributed by atoms with Crippen LogP contribution in [0.2, 0.25) is 0 Å². The Labute approximate surface area is 71.1 Å². The van der Waals surface area contributed by atoms with Crippen LogP contribution in [0.1, 0.15) is 26.2 Å². The highest BCUT2D eigenvalue weighted by Gasteiger charge is 2.48. The summed E-state index contributed by atoms with van der Waals surface area (Å²) in [6, 6.07) is 0. The van der Waals surface area contributed by atoms with E-state index >= 15 is 0 Å². The fourth-order valence-corrected chi connectivity index (χ4v) is 2.36. The summed E-state index contributed by atoms with van der Waals surface area (Å²) >= 11 is 0. The maximum absolute atomic E-state index is 11.4. The third-order valence-electron chi connectivity index (χ3n) is 2.88. The Balaban J connectivity index is 2.04. The highest BCUT2D eigenvalue weighted by atomic mass is 16.5. The van der Waals surface area contributed by atoms with Gasteiger partial charge in [0.05, 0.1) is 5.92 Å². The number of hydrogen-bond acceptors (Lipinski definition) is 3. The Bertz CT molecular complexity index is 234. The van der Waals surface area contributed by atoms with Gasteiger partial charge in [0.15, 0.2) is 0 Å². The molecule has 12 heavy (non-hydrogen) atoms. The van der Waals surface area contributed by atoms with Crippen LogP contribution in [0.4, 0.5) is 0 Å². The van der Waals surface area contributed by atoms with E-state index in [9.17, 15) is 9.59 Å². The minimum atomic E-state index is -0.264. The second-order valence-electron chi connectivity index (χ2n) is 3.67. The summed E-state index contributed by atoms with van der Waals surface area (Å²) < 4.78 is 5.06. The van der Waals surface area contributed by atoms with Gasteiger partial charge < -0.3 is 4.74 Å². The summed E-state index contributed by atoms with van der Waals surface area (Å²) in [6.07, 6.45) is 2.58. The summed E-state index contributed by atoms with van der Waals surface area (Å²) in [5.41, 5.74) is 0. The quantitative estimate of drug-likeness (QED) is 0.547. The van der Waals surface area contributed by atoms with Crippen LogP contribution in [0.25, 0.3) is 0 Å². The highest BCUT2D eigenvalue weighted by Crippen LogP contribution is 2.42. The van der Waals surface area contributed by atoms with E-state index < -0.39 is 0 Å². The fraction of sp³-hybridized carbons (Fsp3) is 0.778. The molecule has 0 aromatic rings. The van der Waals surface area contributed by atoms with Gasteiger partial charge in [0.25, 0.3) is 0 Å². The van der Waals surface area contributed by atoms with Gasteiger partial charge in [-0.1, -0.05) is 0 Å². The SMILES string of the molecule is CC(=O)O[C@H]1C[C@H]2CC[C@@H]1C2=O. The van der Waals surface area contributed by atoms with Crippen molar-refractivity contribution in [3.05, 3.63) is 0 Å². The van der Waals surface area contributed by atoms with E-state index in [4.69, 9.17) is 4.74 Å². The van der Waals surface area contributed by atoms with Gasteiger partial charge in [0.2, 0.25) is 0 Å². The summed E-state index contributed by atoms with van der Waals surface area (Å²) in [7, 11) is 0. The Kier molecular flexibility index (Phi) is 1.67. The molecule has 0 heterocycles. The maximum atomic E-state index is 11.4. The number of Topliss-reactive ketones (excluding diaryl/α,β-unsaturated/α-hetero) is 1. The van der Waals surface area contributed by atoms with Gasteiger partial charge >= 0.3 is 5.97 Å². The largest absolute Gasteiger partial charge is 0.462 e. The van der Waals surface area contributed by atoms with Crippen molar-refractivity contribution in [3.63, 3.8) is 0 Å². The van der Waals surface area contributed by atoms with Gasteiger partial charge in [-0.25, -0.2) is 0 Å². The zero-order valence-corrected chi connectivity index (χ0v) is 7.08. The van der Waals surface area contributed by atoms with Crippen LogP contribution in [-0.4, -0.2) is 17.9 Å². The van der Waals surface area contributed by atoms with Crippen molar-refractivity contribution in [2.45, 2.75) is 32.3 Å². The van der Waals surface area contributed by atoms with Gasteiger partial charge in [0.1, 0.15) is 11.9 Å². The van der Waals surface area contributed by atoms with Crippen molar-refractivity contribution in [2.24, 2.45) is 11.8 Å². The Morgan fingerprint density at radius 2 is 2.25 bits per heavy atom. The Morgan fingerprint density at radius 3 is 2.67 bits per heavy atom. The lowest BCUT2D eigenvalue weighted by Gasteiger charge is -2.19.